The van der Waals surface area contributed by atoms with Crippen molar-refractivity contribution in [2.45, 2.75) is 33.4 Å². The van der Waals surface area contributed by atoms with Crippen molar-refractivity contribution in [1.29, 1.82) is 0 Å². The van der Waals surface area contributed by atoms with Crippen LogP contribution in [-0.2, 0) is 13.1 Å². The monoisotopic (exact) mass is 347 g/mol. The quantitative estimate of drug-likeness (QED) is 0.558. The molecular weight excluding hydrogens is 322 g/mol. The lowest BCUT2D eigenvalue weighted by Crippen LogP contribution is -2.12. The van der Waals surface area contributed by atoms with Crippen LogP contribution in [0.15, 0.2) is 48.5 Å². The van der Waals surface area contributed by atoms with Crippen LogP contribution < -0.4 is 5.32 Å². The number of benzene rings is 2. The number of nitrogens with zero attached hydrogens (tertiary/aromatic N) is 4. The summed E-state index contributed by atoms with van der Waals surface area (Å²) in [7, 11) is 1.92. The first-order valence-corrected chi connectivity index (χ1v) is 9.24. The highest BCUT2D eigenvalue weighted by Crippen LogP contribution is 2.23. The third kappa shape index (κ3) is 2.94. The zero-order valence-corrected chi connectivity index (χ0v) is 15.6. The molecule has 26 heavy (non-hydrogen) atoms. The summed E-state index contributed by atoms with van der Waals surface area (Å²) in [6, 6.07) is 16.6. The van der Waals surface area contributed by atoms with Gasteiger partial charge < -0.3 is 14.5 Å². The molecule has 0 aliphatic rings. The molecule has 5 heteroatoms. The fourth-order valence-electron chi connectivity index (χ4n) is 3.45. The number of aryl methyl sites for hydroxylation is 1. The lowest BCUT2D eigenvalue weighted by molar-refractivity contribution is 0.509. The fraction of sp³-hybridized carbons (Fsp3) is 0.333. The Balaban J connectivity index is 1.81. The average Bonchev–Trinajstić information content (AvgIpc) is 3.18. The number of anilines is 1. The lowest BCUT2D eigenvalue weighted by atomic mass is 10.1. The van der Waals surface area contributed by atoms with Gasteiger partial charge in [-0.05, 0) is 36.6 Å². The van der Waals surface area contributed by atoms with Crippen LogP contribution >= 0.6 is 0 Å². The standard InChI is InChI=1S/C21H25N5/c1-15(2)12-13-25-18-10-6-4-8-16(18)23-20(25)14-26-19-11-7-5-9-17(19)24-21(26)22-3/h4-11,15H,12-14H2,1-3H3,(H,22,24). The van der Waals surface area contributed by atoms with E-state index >= 15 is 0 Å². The molecule has 0 atom stereocenters. The van der Waals surface area contributed by atoms with E-state index in [9.17, 15) is 0 Å². The zero-order valence-electron chi connectivity index (χ0n) is 15.6. The Morgan fingerprint density at radius 3 is 2.15 bits per heavy atom. The van der Waals surface area contributed by atoms with Crippen LogP contribution in [0.5, 0.6) is 0 Å². The molecule has 0 fully saturated rings. The van der Waals surface area contributed by atoms with Gasteiger partial charge in [-0.1, -0.05) is 38.1 Å². The molecule has 0 saturated carbocycles. The molecule has 0 aliphatic heterocycles. The molecule has 134 valence electrons. The Morgan fingerprint density at radius 2 is 1.50 bits per heavy atom. The van der Waals surface area contributed by atoms with Crippen LogP contribution in [0.2, 0.25) is 0 Å². The number of imidazole rings is 2. The maximum Gasteiger partial charge on any atom is 0.204 e. The summed E-state index contributed by atoms with van der Waals surface area (Å²) < 4.78 is 4.58. The maximum absolute atomic E-state index is 4.93. The van der Waals surface area contributed by atoms with E-state index < -0.39 is 0 Å². The number of hydrogen-bond acceptors (Lipinski definition) is 3. The van der Waals surface area contributed by atoms with Crippen LogP contribution in [0.4, 0.5) is 5.95 Å². The molecule has 2 aromatic heterocycles. The molecule has 0 radical (unpaired) electrons. The minimum Gasteiger partial charge on any atom is -0.359 e. The summed E-state index contributed by atoms with van der Waals surface area (Å²) in [5.41, 5.74) is 4.39. The van der Waals surface area contributed by atoms with Crippen LogP contribution in [0.1, 0.15) is 26.1 Å². The van der Waals surface area contributed by atoms with E-state index in [1.807, 2.05) is 13.1 Å². The first-order chi connectivity index (χ1) is 12.7. The second-order valence-electron chi connectivity index (χ2n) is 7.11. The van der Waals surface area contributed by atoms with E-state index in [0.717, 1.165) is 41.3 Å². The van der Waals surface area contributed by atoms with Crippen molar-refractivity contribution in [3.63, 3.8) is 0 Å². The van der Waals surface area contributed by atoms with Crippen molar-refractivity contribution >= 4 is 28.0 Å². The predicted molar refractivity (Wildman–Crippen MR) is 108 cm³/mol. The Bertz CT molecular complexity index is 1040. The number of nitrogens with one attached hydrogen (secondary N) is 1. The molecule has 0 bridgehead atoms. The summed E-state index contributed by atoms with van der Waals surface area (Å²) >= 11 is 0. The molecule has 0 spiro atoms. The van der Waals surface area contributed by atoms with Gasteiger partial charge in [0.25, 0.3) is 0 Å². The lowest BCUT2D eigenvalue weighted by Gasteiger charge is -2.13. The van der Waals surface area contributed by atoms with Crippen molar-refractivity contribution in [2.75, 3.05) is 12.4 Å². The van der Waals surface area contributed by atoms with Crippen molar-refractivity contribution in [3.8, 4) is 0 Å². The second kappa shape index (κ2) is 6.83. The molecule has 4 aromatic rings. The van der Waals surface area contributed by atoms with E-state index in [2.05, 4.69) is 70.8 Å². The van der Waals surface area contributed by atoms with Crippen molar-refractivity contribution < 1.29 is 0 Å². The summed E-state index contributed by atoms with van der Waals surface area (Å²) in [5.74, 6) is 2.60. The summed E-state index contributed by atoms with van der Waals surface area (Å²) in [6.07, 6.45) is 1.14. The second-order valence-corrected chi connectivity index (χ2v) is 7.11. The zero-order chi connectivity index (χ0) is 18.1. The first kappa shape index (κ1) is 16.6. The van der Waals surface area contributed by atoms with Gasteiger partial charge in [0, 0.05) is 13.6 Å². The largest absolute Gasteiger partial charge is 0.359 e. The van der Waals surface area contributed by atoms with Gasteiger partial charge in [-0.15, -0.1) is 0 Å². The molecule has 5 nitrogen and oxygen atoms in total. The fourth-order valence-corrected chi connectivity index (χ4v) is 3.45. The maximum atomic E-state index is 4.93. The van der Waals surface area contributed by atoms with Crippen molar-refractivity contribution in [2.24, 2.45) is 5.92 Å². The molecule has 2 heterocycles. The topological polar surface area (TPSA) is 47.7 Å². The van der Waals surface area contributed by atoms with E-state index in [1.165, 1.54) is 5.52 Å². The van der Waals surface area contributed by atoms with Gasteiger partial charge in [0.15, 0.2) is 0 Å². The van der Waals surface area contributed by atoms with Gasteiger partial charge in [0.2, 0.25) is 5.95 Å². The van der Waals surface area contributed by atoms with Crippen LogP contribution in [0.25, 0.3) is 22.1 Å². The number of rotatable bonds is 6. The summed E-state index contributed by atoms with van der Waals surface area (Å²) in [4.78, 5) is 9.63. The third-order valence-corrected chi connectivity index (χ3v) is 4.84. The average molecular weight is 347 g/mol. The normalized spacial score (nSPS) is 11.7. The number of fused-ring (bicyclic) bond motifs is 2. The Labute approximate surface area is 153 Å². The predicted octanol–water partition coefficient (Wildman–Crippen LogP) is 4.52. The van der Waals surface area contributed by atoms with Crippen LogP contribution in [-0.4, -0.2) is 26.1 Å². The smallest absolute Gasteiger partial charge is 0.204 e. The van der Waals surface area contributed by atoms with Crippen molar-refractivity contribution in [3.05, 3.63) is 54.4 Å². The molecule has 0 saturated heterocycles. The Morgan fingerprint density at radius 1 is 0.885 bits per heavy atom. The first-order valence-electron chi connectivity index (χ1n) is 9.24. The molecule has 2 aromatic carbocycles. The van der Waals surface area contributed by atoms with Gasteiger partial charge in [-0.2, -0.15) is 0 Å². The number of hydrogen-bond donors (Lipinski definition) is 1. The minimum absolute atomic E-state index is 0.658. The van der Waals surface area contributed by atoms with E-state index in [1.54, 1.807) is 0 Å². The van der Waals surface area contributed by atoms with Gasteiger partial charge in [-0.25, -0.2) is 9.97 Å². The Hall–Kier alpha value is -2.82. The molecule has 0 aliphatic carbocycles. The highest BCUT2D eigenvalue weighted by atomic mass is 15.2. The molecule has 0 amide bonds. The number of para-hydroxylation sites is 4. The number of aromatic nitrogens is 4. The van der Waals surface area contributed by atoms with Gasteiger partial charge in [-0.3, -0.25) is 0 Å². The molecular formula is C21H25N5. The molecule has 0 unspecified atom stereocenters. The Kier molecular flexibility index (Phi) is 4.37. The summed E-state index contributed by atoms with van der Waals surface area (Å²) in [6.45, 7) is 6.21. The highest BCUT2D eigenvalue weighted by molar-refractivity contribution is 5.79. The van der Waals surface area contributed by atoms with Gasteiger partial charge >= 0.3 is 0 Å². The van der Waals surface area contributed by atoms with Crippen LogP contribution in [0, 0.1) is 5.92 Å². The van der Waals surface area contributed by atoms with Crippen LogP contribution in [0.3, 0.4) is 0 Å². The van der Waals surface area contributed by atoms with Gasteiger partial charge in [0.1, 0.15) is 5.82 Å². The van der Waals surface area contributed by atoms with E-state index in [-0.39, 0.29) is 0 Å². The minimum atomic E-state index is 0.658. The van der Waals surface area contributed by atoms with E-state index in [0.29, 0.717) is 12.5 Å². The SMILES string of the molecule is CNc1nc2ccccc2n1Cc1nc2ccccc2n1CCC(C)C. The summed E-state index contributed by atoms with van der Waals surface area (Å²) in [5, 5.41) is 3.22. The third-order valence-electron chi connectivity index (χ3n) is 4.84. The van der Waals surface area contributed by atoms with E-state index in [4.69, 9.17) is 9.97 Å². The van der Waals surface area contributed by atoms with Gasteiger partial charge in [0.05, 0.1) is 28.6 Å². The molecule has 4 rings (SSSR count). The highest BCUT2D eigenvalue weighted by Gasteiger charge is 2.15. The molecule has 1 N–H and O–H groups in total. The van der Waals surface area contributed by atoms with Crippen molar-refractivity contribution in [1.82, 2.24) is 19.1 Å².